The Kier molecular flexibility index (Phi) is 5.97. The second-order valence-corrected chi connectivity index (χ2v) is 6.59. The lowest BCUT2D eigenvalue weighted by Gasteiger charge is -2.26. The number of benzene rings is 1. The minimum atomic E-state index is -0.920. The normalized spacial score (nSPS) is 12.6. The molecule has 0 aromatic heterocycles. The fourth-order valence-electron chi connectivity index (χ4n) is 1.98. The average molecular weight is 307 g/mol. The first-order valence-corrected chi connectivity index (χ1v) is 7.31. The number of aliphatic carboxylic acids is 1. The number of amides is 1. The number of carboxylic acid groups (broad SMARTS) is 1. The number of nitrogens with zero attached hydrogens (tertiary/aromatic N) is 1. The van der Waals surface area contributed by atoms with Gasteiger partial charge >= 0.3 is 12.1 Å². The van der Waals surface area contributed by atoms with Crippen molar-refractivity contribution in [3.05, 3.63) is 35.4 Å². The van der Waals surface area contributed by atoms with Crippen molar-refractivity contribution in [2.24, 2.45) is 5.92 Å². The van der Waals surface area contributed by atoms with Crippen LogP contribution in [0.5, 0.6) is 0 Å². The highest BCUT2D eigenvalue weighted by molar-refractivity contribution is 5.73. The second-order valence-electron chi connectivity index (χ2n) is 6.59. The molecule has 1 aromatic carbocycles. The van der Waals surface area contributed by atoms with Crippen LogP contribution in [0, 0.1) is 12.8 Å². The molecule has 0 bridgehead atoms. The molecule has 0 radical (unpaired) electrons. The van der Waals surface area contributed by atoms with E-state index < -0.39 is 23.6 Å². The SMILES string of the molecule is Cc1ccc(C[C@H](CN(C)C(=O)OC(C)(C)C)C(=O)O)cc1. The number of carbonyl (C=O) groups excluding carboxylic acids is 1. The van der Waals surface area contributed by atoms with Crippen LogP contribution in [0.3, 0.4) is 0 Å². The lowest BCUT2D eigenvalue weighted by Crippen LogP contribution is -2.39. The summed E-state index contributed by atoms with van der Waals surface area (Å²) in [6.45, 7) is 7.42. The van der Waals surface area contributed by atoms with Crippen molar-refractivity contribution in [3.63, 3.8) is 0 Å². The number of aryl methyl sites for hydroxylation is 1. The van der Waals surface area contributed by atoms with E-state index in [2.05, 4.69) is 0 Å². The van der Waals surface area contributed by atoms with Gasteiger partial charge in [-0.25, -0.2) is 4.79 Å². The summed E-state index contributed by atoms with van der Waals surface area (Å²) in [6, 6.07) is 7.73. The first-order valence-electron chi connectivity index (χ1n) is 7.31. The third-order valence-corrected chi connectivity index (χ3v) is 3.15. The topological polar surface area (TPSA) is 66.8 Å². The van der Waals surface area contributed by atoms with Gasteiger partial charge in [0.25, 0.3) is 0 Å². The zero-order valence-electron chi connectivity index (χ0n) is 13.9. The summed E-state index contributed by atoms with van der Waals surface area (Å²) in [6.07, 6.45) is -0.134. The molecule has 5 heteroatoms. The van der Waals surface area contributed by atoms with E-state index in [0.717, 1.165) is 11.1 Å². The summed E-state index contributed by atoms with van der Waals surface area (Å²) in [5.41, 5.74) is 1.47. The van der Waals surface area contributed by atoms with E-state index in [1.54, 1.807) is 27.8 Å². The van der Waals surface area contributed by atoms with Gasteiger partial charge < -0.3 is 14.7 Å². The molecule has 5 nitrogen and oxygen atoms in total. The molecule has 1 aromatic rings. The molecule has 0 saturated heterocycles. The Bertz CT molecular complexity index is 516. The number of hydrogen-bond acceptors (Lipinski definition) is 3. The van der Waals surface area contributed by atoms with Crippen LogP contribution < -0.4 is 0 Å². The second kappa shape index (κ2) is 7.29. The summed E-state index contributed by atoms with van der Waals surface area (Å²) < 4.78 is 5.24. The van der Waals surface area contributed by atoms with Gasteiger partial charge in [0.2, 0.25) is 0 Å². The van der Waals surface area contributed by atoms with Crippen LogP contribution >= 0.6 is 0 Å². The quantitative estimate of drug-likeness (QED) is 0.907. The van der Waals surface area contributed by atoms with Crippen molar-refractivity contribution < 1.29 is 19.4 Å². The number of carbonyl (C=O) groups is 2. The first kappa shape index (κ1) is 18.0. The maximum Gasteiger partial charge on any atom is 0.410 e. The van der Waals surface area contributed by atoms with Gasteiger partial charge in [0.1, 0.15) is 5.60 Å². The molecule has 1 amide bonds. The molecule has 0 aliphatic heterocycles. The number of hydrogen-bond donors (Lipinski definition) is 1. The molecule has 1 rings (SSSR count). The maximum absolute atomic E-state index is 11.9. The average Bonchev–Trinajstić information content (AvgIpc) is 2.38. The van der Waals surface area contributed by atoms with Crippen LogP contribution in [0.4, 0.5) is 4.79 Å². The molecular formula is C17H25NO4. The van der Waals surface area contributed by atoms with E-state index in [-0.39, 0.29) is 6.54 Å². The monoisotopic (exact) mass is 307 g/mol. The van der Waals surface area contributed by atoms with E-state index in [4.69, 9.17) is 4.74 Å². The Morgan fingerprint density at radius 1 is 1.23 bits per heavy atom. The van der Waals surface area contributed by atoms with Crippen molar-refractivity contribution in [2.45, 2.75) is 39.7 Å². The lowest BCUT2D eigenvalue weighted by atomic mass is 9.98. The van der Waals surface area contributed by atoms with Gasteiger partial charge in [0.05, 0.1) is 5.92 Å². The highest BCUT2D eigenvalue weighted by Gasteiger charge is 2.25. The molecule has 1 N–H and O–H groups in total. The van der Waals surface area contributed by atoms with Crippen LogP contribution in [0.2, 0.25) is 0 Å². The van der Waals surface area contributed by atoms with Gasteiger partial charge in [-0.3, -0.25) is 4.79 Å². The van der Waals surface area contributed by atoms with Crippen LogP contribution in [-0.4, -0.2) is 41.3 Å². The Balaban J connectivity index is 2.70. The smallest absolute Gasteiger partial charge is 0.410 e. The van der Waals surface area contributed by atoms with Crippen molar-refractivity contribution in [1.29, 1.82) is 0 Å². The van der Waals surface area contributed by atoms with E-state index in [1.807, 2.05) is 31.2 Å². The summed E-state index contributed by atoms with van der Waals surface area (Å²) in [5, 5.41) is 9.37. The molecule has 0 aliphatic rings. The van der Waals surface area contributed by atoms with Gasteiger partial charge in [-0.2, -0.15) is 0 Å². The Morgan fingerprint density at radius 2 is 1.77 bits per heavy atom. The van der Waals surface area contributed by atoms with E-state index in [9.17, 15) is 14.7 Å². The third-order valence-electron chi connectivity index (χ3n) is 3.15. The fraction of sp³-hybridized carbons (Fsp3) is 0.529. The van der Waals surface area contributed by atoms with Gasteiger partial charge in [0.15, 0.2) is 0 Å². The van der Waals surface area contributed by atoms with Crippen LogP contribution in [0.1, 0.15) is 31.9 Å². The molecule has 0 spiro atoms. The van der Waals surface area contributed by atoms with Gasteiger partial charge in [-0.1, -0.05) is 29.8 Å². The number of ether oxygens (including phenoxy) is 1. The molecule has 0 saturated carbocycles. The zero-order valence-corrected chi connectivity index (χ0v) is 13.9. The van der Waals surface area contributed by atoms with E-state index >= 15 is 0 Å². The van der Waals surface area contributed by atoms with E-state index in [0.29, 0.717) is 6.42 Å². The Hall–Kier alpha value is -2.04. The highest BCUT2D eigenvalue weighted by Crippen LogP contribution is 2.14. The van der Waals surface area contributed by atoms with Crippen molar-refractivity contribution in [2.75, 3.05) is 13.6 Å². The predicted octanol–water partition coefficient (Wildman–Crippen LogP) is 3.11. The molecule has 122 valence electrons. The van der Waals surface area contributed by atoms with Gasteiger partial charge in [-0.15, -0.1) is 0 Å². The lowest BCUT2D eigenvalue weighted by molar-refractivity contribution is -0.142. The van der Waals surface area contributed by atoms with Crippen LogP contribution in [0.15, 0.2) is 24.3 Å². The summed E-state index contributed by atoms with van der Waals surface area (Å²) in [4.78, 5) is 24.7. The van der Waals surface area contributed by atoms with Crippen molar-refractivity contribution >= 4 is 12.1 Å². The van der Waals surface area contributed by atoms with Crippen molar-refractivity contribution in [3.8, 4) is 0 Å². The highest BCUT2D eigenvalue weighted by atomic mass is 16.6. The minimum Gasteiger partial charge on any atom is -0.481 e. The van der Waals surface area contributed by atoms with Crippen LogP contribution in [0.25, 0.3) is 0 Å². The third kappa shape index (κ3) is 6.16. The largest absolute Gasteiger partial charge is 0.481 e. The standard InChI is InChI=1S/C17H25NO4/c1-12-6-8-13(9-7-12)10-14(15(19)20)11-18(5)16(21)22-17(2,3)4/h6-9,14H,10-11H2,1-5H3,(H,19,20)/t14-/m1/s1. The molecular weight excluding hydrogens is 282 g/mol. The van der Waals surface area contributed by atoms with Gasteiger partial charge in [-0.05, 0) is 39.7 Å². The summed E-state index contributed by atoms with van der Waals surface area (Å²) in [7, 11) is 1.55. The fourth-order valence-corrected chi connectivity index (χ4v) is 1.98. The van der Waals surface area contributed by atoms with Crippen LogP contribution in [-0.2, 0) is 16.0 Å². The molecule has 1 atom stereocenters. The summed E-state index contributed by atoms with van der Waals surface area (Å²) in [5.74, 6) is -1.59. The Labute approximate surface area is 131 Å². The van der Waals surface area contributed by atoms with Gasteiger partial charge in [0, 0.05) is 13.6 Å². The minimum absolute atomic E-state index is 0.109. The summed E-state index contributed by atoms with van der Waals surface area (Å²) >= 11 is 0. The predicted molar refractivity (Wildman–Crippen MR) is 84.9 cm³/mol. The maximum atomic E-state index is 11.9. The molecule has 0 unspecified atom stereocenters. The van der Waals surface area contributed by atoms with Crippen molar-refractivity contribution in [1.82, 2.24) is 4.90 Å². The first-order chi connectivity index (χ1) is 10.1. The molecule has 22 heavy (non-hydrogen) atoms. The number of carboxylic acids is 1. The number of rotatable bonds is 5. The Morgan fingerprint density at radius 3 is 2.23 bits per heavy atom. The molecule has 0 aliphatic carbocycles. The van der Waals surface area contributed by atoms with E-state index in [1.165, 1.54) is 4.90 Å². The molecule has 0 fully saturated rings. The zero-order chi connectivity index (χ0) is 16.9. The molecule has 0 heterocycles.